The predicted octanol–water partition coefficient (Wildman–Crippen LogP) is 3.38. The minimum absolute atomic E-state index is 0.101. The number of nitrogens with zero attached hydrogens (tertiary/aromatic N) is 2. The fourth-order valence-electron chi connectivity index (χ4n) is 2.72. The van der Waals surface area contributed by atoms with E-state index in [2.05, 4.69) is 29.6 Å². The molecule has 8 heteroatoms. The third kappa shape index (κ3) is 5.42. The second-order valence-electron chi connectivity index (χ2n) is 7.23. The molecule has 0 saturated heterocycles. The normalized spacial score (nSPS) is 10.8. The highest BCUT2D eigenvalue weighted by Gasteiger charge is 2.20. The molecule has 0 aliphatic rings. The Balaban J connectivity index is 2.31. The summed E-state index contributed by atoms with van der Waals surface area (Å²) in [7, 11) is 0. The summed E-state index contributed by atoms with van der Waals surface area (Å²) in [5.41, 5.74) is 2.31. The number of aryl methyl sites for hydroxylation is 2. The molecule has 0 saturated carbocycles. The summed E-state index contributed by atoms with van der Waals surface area (Å²) in [6.45, 7) is 9.76. The quantitative estimate of drug-likeness (QED) is 0.739. The molecule has 0 aliphatic heterocycles. The molecule has 1 heterocycles. The molecule has 0 bridgehead atoms. The molecule has 0 fully saturated rings. The number of amides is 2. The zero-order valence-corrected chi connectivity index (χ0v) is 17.5. The number of Topliss-reactive ketones (excluding diaryl/α,β-unsaturated/α-hetero) is 1. The van der Waals surface area contributed by atoms with Crippen LogP contribution in [0.5, 0.6) is 0 Å². The Morgan fingerprint density at radius 2 is 1.82 bits per heavy atom. The standard InChI is InChI=1S/C20H25ClN4O3/c1-11(2)10-25-13(4)7-17(24-25)20(28)23-18-12(3)6-15(21)8-16(18)19(27)22-9-14(5)26/h6-8,11H,9-10H2,1-5H3,(H,22,27)(H,23,28). The molecule has 0 unspecified atom stereocenters. The minimum atomic E-state index is -0.488. The number of ketones is 1. The lowest BCUT2D eigenvalue weighted by atomic mass is 10.1. The first-order valence-corrected chi connectivity index (χ1v) is 9.39. The number of aromatic nitrogens is 2. The molecule has 0 radical (unpaired) electrons. The lowest BCUT2D eigenvalue weighted by molar-refractivity contribution is -0.116. The maximum absolute atomic E-state index is 12.7. The lowest BCUT2D eigenvalue weighted by Gasteiger charge is -2.14. The van der Waals surface area contributed by atoms with E-state index < -0.39 is 11.8 Å². The van der Waals surface area contributed by atoms with Crippen LogP contribution in [0, 0.1) is 19.8 Å². The molecule has 0 spiro atoms. The van der Waals surface area contributed by atoms with Crippen molar-refractivity contribution in [2.75, 3.05) is 11.9 Å². The number of rotatable bonds is 7. The summed E-state index contributed by atoms with van der Waals surface area (Å²) in [4.78, 5) is 36.4. The predicted molar refractivity (Wildman–Crippen MR) is 109 cm³/mol. The lowest BCUT2D eigenvalue weighted by Crippen LogP contribution is -2.29. The third-order valence-electron chi connectivity index (χ3n) is 4.03. The van der Waals surface area contributed by atoms with E-state index >= 15 is 0 Å². The van der Waals surface area contributed by atoms with Crippen molar-refractivity contribution in [2.45, 2.75) is 41.2 Å². The van der Waals surface area contributed by atoms with Gasteiger partial charge in [-0.3, -0.25) is 19.1 Å². The van der Waals surface area contributed by atoms with Gasteiger partial charge in [0.05, 0.1) is 17.8 Å². The van der Waals surface area contributed by atoms with Gasteiger partial charge in [0.1, 0.15) is 5.78 Å². The first-order chi connectivity index (χ1) is 13.1. The Morgan fingerprint density at radius 1 is 1.14 bits per heavy atom. The van der Waals surface area contributed by atoms with E-state index in [-0.39, 0.29) is 23.6 Å². The number of hydrogen-bond donors (Lipinski definition) is 2. The van der Waals surface area contributed by atoms with Gasteiger partial charge >= 0.3 is 0 Å². The molecule has 1 aromatic carbocycles. The van der Waals surface area contributed by atoms with E-state index in [0.717, 1.165) is 5.69 Å². The highest BCUT2D eigenvalue weighted by atomic mass is 35.5. The summed E-state index contributed by atoms with van der Waals surface area (Å²) in [5.74, 6) is -0.692. The molecule has 2 amide bonds. The van der Waals surface area contributed by atoms with Crippen molar-refractivity contribution in [3.05, 3.63) is 45.7 Å². The van der Waals surface area contributed by atoms with Gasteiger partial charge in [0.2, 0.25) is 0 Å². The molecule has 2 rings (SSSR count). The number of benzene rings is 1. The summed E-state index contributed by atoms with van der Waals surface area (Å²) >= 11 is 6.08. The van der Waals surface area contributed by atoms with Crippen molar-refractivity contribution >= 4 is 34.9 Å². The van der Waals surface area contributed by atoms with Gasteiger partial charge in [0, 0.05) is 17.3 Å². The largest absolute Gasteiger partial charge is 0.345 e. The summed E-state index contributed by atoms with van der Waals surface area (Å²) in [6.07, 6.45) is 0. The zero-order chi connectivity index (χ0) is 21.0. The Hall–Kier alpha value is -2.67. The molecule has 7 nitrogen and oxygen atoms in total. The topological polar surface area (TPSA) is 93.1 Å². The van der Waals surface area contributed by atoms with E-state index in [1.165, 1.54) is 13.0 Å². The molecule has 28 heavy (non-hydrogen) atoms. The van der Waals surface area contributed by atoms with E-state index in [1.54, 1.807) is 23.7 Å². The van der Waals surface area contributed by atoms with Crippen LogP contribution in [0.2, 0.25) is 5.02 Å². The van der Waals surface area contributed by atoms with Gasteiger partial charge in [0.25, 0.3) is 11.8 Å². The van der Waals surface area contributed by atoms with Gasteiger partial charge in [-0.25, -0.2) is 0 Å². The van der Waals surface area contributed by atoms with Crippen LogP contribution in [0.3, 0.4) is 0 Å². The molecule has 0 atom stereocenters. The molecule has 2 aromatic rings. The first-order valence-electron chi connectivity index (χ1n) is 9.02. The number of hydrogen-bond acceptors (Lipinski definition) is 4. The van der Waals surface area contributed by atoms with Gasteiger partial charge in [-0.1, -0.05) is 25.4 Å². The molecular weight excluding hydrogens is 380 g/mol. The Morgan fingerprint density at radius 3 is 2.43 bits per heavy atom. The molecule has 1 aromatic heterocycles. The molecule has 0 aliphatic carbocycles. The smallest absolute Gasteiger partial charge is 0.276 e. The SMILES string of the molecule is CC(=O)CNC(=O)c1cc(Cl)cc(C)c1NC(=O)c1cc(C)n(CC(C)C)n1. The number of nitrogens with one attached hydrogen (secondary N) is 2. The van der Waals surface area contributed by atoms with E-state index in [9.17, 15) is 14.4 Å². The second kappa shape index (κ2) is 9.01. The molecule has 2 N–H and O–H groups in total. The van der Waals surface area contributed by atoms with Gasteiger partial charge < -0.3 is 10.6 Å². The van der Waals surface area contributed by atoms with Crippen LogP contribution in [0.25, 0.3) is 0 Å². The van der Waals surface area contributed by atoms with Crippen molar-refractivity contribution < 1.29 is 14.4 Å². The Kier molecular flexibility index (Phi) is 6.96. The third-order valence-corrected chi connectivity index (χ3v) is 4.25. The maximum atomic E-state index is 12.7. The average Bonchev–Trinajstić information content (AvgIpc) is 2.94. The fourth-order valence-corrected chi connectivity index (χ4v) is 2.99. The zero-order valence-electron chi connectivity index (χ0n) is 16.7. The van der Waals surface area contributed by atoms with Crippen molar-refractivity contribution in [1.82, 2.24) is 15.1 Å². The van der Waals surface area contributed by atoms with Crippen LogP contribution in [0.1, 0.15) is 52.9 Å². The van der Waals surface area contributed by atoms with Crippen LogP contribution >= 0.6 is 11.6 Å². The molecule has 150 valence electrons. The van der Waals surface area contributed by atoms with Gasteiger partial charge in [0.15, 0.2) is 5.69 Å². The maximum Gasteiger partial charge on any atom is 0.276 e. The van der Waals surface area contributed by atoms with Gasteiger partial charge in [-0.15, -0.1) is 0 Å². The van der Waals surface area contributed by atoms with Crippen LogP contribution < -0.4 is 10.6 Å². The average molecular weight is 405 g/mol. The number of carbonyl (C=O) groups is 3. The highest BCUT2D eigenvalue weighted by Crippen LogP contribution is 2.26. The Bertz CT molecular complexity index is 918. The monoisotopic (exact) mass is 404 g/mol. The van der Waals surface area contributed by atoms with Gasteiger partial charge in [-0.05, 0) is 50.5 Å². The number of halogens is 1. The summed E-state index contributed by atoms with van der Waals surface area (Å²) in [5, 5.41) is 10.0. The fraction of sp³-hybridized carbons (Fsp3) is 0.400. The van der Waals surface area contributed by atoms with E-state index in [0.29, 0.717) is 28.7 Å². The summed E-state index contributed by atoms with van der Waals surface area (Å²) < 4.78 is 1.79. The van der Waals surface area contributed by atoms with E-state index in [4.69, 9.17) is 11.6 Å². The van der Waals surface area contributed by atoms with Crippen LogP contribution in [-0.4, -0.2) is 33.9 Å². The van der Waals surface area contributed by atoms with Crippen molar-refractivity contribution in [3.63, 3.8) is 0 Å². The van der Waals surface area contributed by atoms with Crippen molar-refractivity contribution in [1.29, 1.82) is 0 Å². The van der Waals surface area contributed by atoms with Crippen LogP contribution in [0.4, 0.5) is 5.69 Å². The van der Waals surface area contributed by atoms with Crippen LogP contribution in [-0.2, 0) is 11.3 Å². The van der Waals surface area contributed by atoms with Gasteiger partial charge in [-0.2, -0.15) is 5.10 Å². The number of carbonyl (C=O) groups excluding carboxylic acids is 3. The van der Waals surface area contributed by atoms with Crippen molar-refractivity contribution in [2.24, 2.45) is 5.92 Å². The Labute approximate surface area is 169 Å². The van der Waals surface area contributed by atoms with E-state index in [1.807, 2.05) is 6.92 Å². The summed E-state index contributed by atoms with van der Waals surface area (Å²) in [6, 6.07) is 4.82. The van der Waals surface area contributed by atoms with Crippen LogP contribution in [0.15, 0.2) is 18.2 Å². The molecular formula is C20H25ClN4O3. The highest BCUT2D eigenvalue weighted by molar-refractivity contribution is 6.31. The van der Waals surface area contributed by atoms with Crippen molar-refractivity contribution in [3.8, 4) is 0 Å². The number of anilines is 1. The first kappa shape index (κ1) is 21.6. The minimum Gasteiger partial charge on any atom is -0.345 e. The second-order valence-corrected chi connectivity index (χ2v) is 7.67.